The molecule has 0 aromatic heterocycles. The van der Waals surface area contributed by atoms with Gasteiger partial charge in [0.15, 0.2) is 0 Å². The fraction of sp³-hybridized carbons (Fsp3) is 0.938. The van der Waals surface area contributed by atoms with Crippen molar-refractivity contribution in [1.82, 2.24) is 10.2 Å². The molecule has 0 bridgehead atoms. The topological polar surface area (TPSA) is 41.6 Å². The van der Waals surface area contributed by atoms with Gasteiger partial charge in [-0.1, -0.05) is 13.8 Å². The molecule has 0 aromatic rings. The van der Waals surface area contributed by atoms with Gasteiger partial charge in [0, 0.05) is 6.54 Å². The Morgan fingerprint density at radius 2 is 2.15 bits per heavy atom. The van der Waals surface area contributed by atoms with Gasteiger partial charge in [-0.05, 0) is 65.1 Å². The molecule has 0 saturated carbocycles. The van der Waals surface area contributed by atoms with Crippen LogP contribution in [-0.2, 0) is 9.53 Å². The van der Waals surface area contributed by atoms with Gasteiger partial charge in [-0.3, -0.25) is 4.79 Å². The standard InChI is InChI=1S/C16H32N2O2/c1-5-17-16(4,15(19)20-6-2)10-7-8-11-18-12-9-14(3)13-18/h14,17H,5-13H2,1-4H3. The summed E-state index contributed by atoms with van der Waals surface area (Å²) in [7, 11) is 0. The van der Waals surface area contributed by atoms with E-state index in [0.29, 0.717) is 6.61 Å². The molecular weight excluding hydrogens is 252 g/mol. The number of carbonyl (C=O) groups excluding carboxylic acids is 1. The second-order valence-electron chi connectivity index (χ2n) is 6.23. The lowest BCUT2D eigenvalue weighted by Crippen LogP contribution is -2.50. The smallest absolute Gasteiger partial charge is 0.326 e. The van der Waals surface area contributed by atoms with Gasteiger partial charge in [0.25, 0.3) is 0 Å². The first-order chi connectivity index (χ1) is 9.51. The van der Waals surface area contributed by atoms with E-state index >= 15 is 0 Å². The number of ether oxygens (including phenoxy) is 1. The van der Waals surface area contributed by atoms with Crippen LogP contribution in [0.15, 0.2) is 0 Å². The zero-order valence-electron chi connectivity index (χ0n) is 13.7. The highest BCUT2D eigenvalue weighted by atomic mass is 16.5. The molecule has 20 heavy (non-hydrogen) atoms. The van der Waals surface area contributed by atoms with Crippen LogP contribution < -0.4 is 5.32 Å². The molecule has 1 fully saturated rings. The molecule has 1 aliphatic rings. The molecule has 1 rings (SSSR count). The van der Waals surface area contributed by atoms with Crippen LogP contribution in [0.1, 0.15) is 53.4 Å². The van der Waals surface area contributed by atoms with E-state index in [4.69, 9.17) is 4.74 Å². The van der Waals surface area contributed by atoms with E-state index in [1.807, 2.05) is 20.8 Å². The summed E-state index contributed by atoms with van der Waals surface area (Å²) in [5, 5.41) is 3.29. The molecule has 0 spiro atoms. The molecule has 1 aliphatic heterocycles. The average molecular weight is 284 g/mol. The number of unbranched alkanes of at least 4 members (excludes halogenated alkanes) is 1. The summed E-state index contributed by atoms with van der Waals surface area (Å²) in [5.41, 5.74) is -0.525. The predicted octanol–water partition coefficient (Wildman–Crippen LogP) is 2.43. The SMILES string of the molecule is CCNC(C)(CCCCN1CCC(C)C1)C(=O)OCC. The van der Waals surface area contributed by atoms with Gasteiger partial charge in [-0.2, -0.15) is 0 Å². The molecule has 0 aliphatic carbocycles. The summed E-state index contributed by atoms with van der Waals surface area (Å²) >= 11 is 0. The quantitative estimate of drug-likeness (QED) is 0.521. The summed E-state index contributed by atoms with van der Waals surface area (Å²) < 4.78 is 5.19. The zero-order chi connectivity index (χ0) is 15.0. The van der Waals surface area contributed by atoms with Gasteiger partial charge < -0.3 is 15.0 Å². The van der Waals surface area contributed by atoms with Crippen molar-refractivity contribution in [2.45, 2.75) is 58.9 Å². The number of likely N-dealkylation sites (tertiary alicyclic amines) is 1. The normalized spacial score (nSPS) is 22.7. The Labute approximate surface area is 124 Å². The lowest BCUT2D eigenvalue weighted by Gasteiger charge is -2.28. The van der Waals surface area contributed by atoms with Crippen molar-refractivity contribution < 1.29 is 9.53 Å². The van der Waals surface area contributed by atoms with Crippen molar-refractivity contribution in [1.29, 1.82) is 0 Å². The lowest BCUT2D eigenvalue weighted by molar-refractivity contribution is -0.150. The molecule has 1 N–H and O–H groups in total. The molecule has 2 atom stereocenters. The summed E-state index contributed by atoms with van der Waals surface area (Å²) in [6.45, 7) is 13.1. The van der Waals surface area contributed by atoms with E-state index in [0.717, 1.165) is 38.3 Å². The molecule has 1 heterocycles. The van der Waals surface area contributed by atoms with Gasteiger partial charge in [0.1, 0.15) is 5.54 Å². The van der Waals surface area contributed by atoms with Crippen LogP contribution in [0.2, 0.25) is 0 Å². The zero-order valence-corrected chi connectivity index (χ0v) is 13.7. The summed E-state index contributed by atoms with van der Waals surface area (Å²) in [4.78, 5) is 14.6. The summed E-state index contributed by atoms with van der Waals surface area (Å²) in [6.07, 6.45) is 4.40. The predicted molar refractivity (Wildman–Crippen MR) is 82.8 cm³/mol. The van der Waals surface area contributed by atoms with E-state index in [1.54, 1.807) is 0 Å². The molecule has 2 unspecified atom stereocenters. The van der Waals surface area contributed by atoms with E-state index in [2.05, 4.69) is 17.1 Å². The van der Waals surface area contributed by atoms with Crippen LogP contribution in [0.4, 0.5) is 0 Å². The maximum Gasteiger partial charge on any atom is 0.326 e. The largest absolute Gasteiger partial charge is 0.465 e. The van der Waals surface area contributed by atoms with Crippen LogP contribution in [0.25, 0.3) is 0 Å². The fourth-order valence-corrected chi connectivity index (χ4v) is 2.99. The third-order valence-corrected chi connectivity index (χ3v) is 4.20. The first kappa shape index (κ1) is 17.4. The van der Waals surface area contributed by atoms with Crippen LogP contribution in [0, 0.1) is 5.92 Å². The molecule has 1 saturated heterocycles. The highest BCUT2D eigenvalue weighted by Crippen LogP contribution is 2.19. The van der Waals surface area contributed by atoms with Gasteiger partial charge in [0.2, 0.25) is 0 Å². The van der Waals surface area contributed by atoms with E-state index < -0.39 is 5.54 Å². The summed E-state index contributed by atoms with van der Waals surface area (Å²) in [5.74, 6) is 0.734. The Hall–Kier alpha value is -0.610. The lowest BCUT2D eigenvalue weighted by atomic mass is 9.94. The summed E-state index contributed by atoms with van der Waals surface area (Å²) in [6, 6.07) is 0. The van der Waals surface area contributed by atoms with Gasteiger partial charge in [-0.15, -0.1) is 0 Å². The molecule has 0 aromatic carbocycles. The second kappa shape index (κ2) is 8.63. The third-order valence-electron chi connectivity index (χ3n) is 4.20. The van der Waals surface area contributed by atoms with Gasteiger partial charge in [0.05, 0.1) is 6.61 Å². The van der Waals surface area contributed by atoms with Crippen LogP contribution in [-0.4, -0.2) is 49.2 Å². The number of esters is 1. The minimum absolute atomic E-state index is 0.114. The second-order valence-corrected chi connectivity index (χ2v) is 6.23. The highest BCUT2D eigenvalue weighted by molar-refractivity contribution is 5.80. The van der Waals surface area contributed by atoms with Gasteiger partial charge in [-0.25, -0.2) is 0 Å². The third kappa shape index (κ3) is 5.41. The fourth-order valence-electron chi connectivity index (χ4n) is 2.99. The molecule has 4 nitrogen and oxygen atoms in total. The van der Waals surface area contributed by atoms with E-state index in [1.165, 1.54) is 19.5 Å². The maximum absolute atomic E-state index is 12.1. The Morgan fingerprint density at radius 1 is 1.40 bits per heavy atom. The van der Waals surface area contributed by atoms with Crippen molar-refractivity contribution in [3.63, 3.8) is 0 Å². The molecule has 118 valence electrons. The molecule has 0 radical (unpaired) electrons. The van der Waals surface area contributed by atoms with Crippen molar-refractivity contribution in [3.05, 3.63) is 0 Å². The Kier molecular flexibility index (Phi) is 7.52. The van der Waals surface area contributed by atoms with Gasteiger partial charge >= 0.3 is 5.97 Å². The monoisotopic (exact) mass is 284 g/mol. The maximum atomic E-state index is 12.1. The number of hydrogen-bond donors (Lipinski definition) is 1. The Balaban J connectivity index is 2.29. The number of likely N-dealkylation sites (N-methyl/N-ethyl adjacent to an activating group) is 1. The van der Waals surface area contributed by atoms with E-state index in [9.17, 15) is 4.79 Å². The first-order valence-corrected chi connectivity index (χ1v) is 8.16. The highest BCUT2D eigenvalue weighted by Gasteiger charge is 2.33. The number of nitrogens with one attached hydrogen (secondary N) is 1. The number of nitrogens with zero attached hydrogens (tertiary/aromatic N) is 1. The van der Waals surface area contributed by atoms with Crippen molar-refractivity contribution >= 4 is 5.97 Å². The first-order valence-electron chi connectivity index (χ1n) is 8.16. The average Bonchev–Trinajstić information content (AvgIpc) is 2.81. The van der Waals surface area contributed by atoms with Crippen molar-refractivity contribution in [2.24, 2.45) is 5.92 Å². The van der Waals surface area contributed by atoms with Crippen LogP contribution >= 0.6 is 0 Å². The van der Waals surface area contributed by atoms with E-state index in [-0.39, 0.29) is 5.97 Å². The van der Waals surface area contributed by atoms with Crippen LogP contribution in [0.3, 0.4) is 0 Å². The number of carbonyl (C=O) groups is 1. The minimum Gasteiger partial charge on any atom is -0.465 e. The number of rotatable bonds is 9. The van der Waals surface area contributed by atoms with Crippen molar-refractivity contribution in [2.75, 3.05) is 32.8 Å². The number of hydrogen-bond acceptors (Lipinski definition) is 4. The van der Waals surface area contributed by atoms with Crippen LogP contribution in [0.5, 0.6) is 0 Å². The van der Waals surface area contributed by atoms with Crippen molar-refractivity contribution in [3.8, 4) is 0 Å². The Bertz CT molecular complexity index is 296. The molecule has 4 heteroatoms. The molecular formula is C16H32N2O2. The Morgan fingerprint density at radius 3 is 2.70 bits per heavy atom. The minimum atomic E-state index is -0.525. The molecule has 0 amide bonds.